The minimum Gasteiger partial charge on any atom is -0.240 e. The molecule has 1 aliphatic carbocycles. The molecule has 3 rings (SSSR count). The molecule has 0 N–H and O–H groups in total. The number of aromatic nitrogens is 2. The highest BCUT2D eigenvalue weighted by molar-refractivity contribution is 5.58. The molecule has 1 aliphatic rings. The molecule has 0 spiro atoms. The standard InChI is InChI=1S/C15H13N3/c16-11-15(8-4-9-15)14-17-10-7-13(18-14)12-5-2-1-3-6-12/h1-3,5-7,10H,4,8-9H2. The van der Waals surface area contributed by atoms with Crippen molar-refractivity contribution >= 4 is 0 Å². The van der Waals surface area contributed by atoms with Crippen molar-refractivity contribution in [3.8, 4) is 17.3 Å². The summed E-state index contributed by atoms with van der Waals surface area (Å²) in [4.78, 5) is 8.87. The first-order valence-electron chi connectivity index (χ1n) is 6.14. The van der Waals surface area contributed by atoms with E-state index in [1.54, 1.807) is 6.20 Å². The van der Waals surface area contributed by atoms with Crippen LogP contribution in [0, 0.1) is 11.3 Å². The van der Waals surface area contributed by atoms with E-state index in [0.717, 1.165) is 30.5 Å². The largest absolute Gasteiger partial charge is 0.240 e. The molecule has 0 aliphatic heterocycles. The maximum atomic E-state index is 9.32. The average molecular weight is 235 g/mol. The third kappa shape index (κ3) is 1.67. The van der Waals surface area contributed by atoms with Gasteiger partial charge in [-0.1, -0.05) is 30.3 Å². The van der Waals surface area contributed by atoms with Crippen molar-refractivity contribution in [2.45, 2.75) is 24.7 Å². The van der Waals surface area contributed by atoms with E-state index in [2.05, 4.69) is 16.0 Å². The number of rotatable bonds is 2. The summed E-state index contributed by atoms with van der Waals surface area (Å²) in [6.45, 7) is 0. The monoisotopic (exact) mass is 235 g/mol. The average Bonchev–Trinajstić information content (AvgIpc) is 2.40. The van der Waals surface area contributed by atoms with Gasteiger partial charge >= 0.3 is 0 Å². The molecule has 0 amide bonds. The Labute approximate surface area is 106 Å². The molecule has 0 saturated heterocycles. The third-order valence-electron chi connectivity index (χ3n) is 3.57. The van der Waals surface area contributed by atoms with Gasteiger partial charge in [0.2, 0.25) is 0 Å². The molecule has 1 aromatic carbocycles. The van der Waals surface area contributed by atoms with Crippen LogP contribution in [0.1, 0.15) is 25.1 Å². The molecule has 88 valence electrons. The zero-order valence-corrected chi connectivity index (χ0v) is 10.0. The first kappa shape index (κ1) is 10.9. The van der Waals surface area contributed by atoms with Crippen LogP contribution in [0.25, 0.3) is 11.3 Å². The van der Waals surface area contributed by atoms with E-state index >= 15 is 0 Å². The molecular weight excluding hydrogens is 222 g/mol. The van der Waals surface area contributed by atoms with Crippen LogP contribution in [0.15, 0.2) is 42.6 Å². The number of hydrogen-bond acceptors (Lipinski definition) is 3. The topological polar surface area (TPSA) is 49.6 Å². The Kier molecular flexibility index (Phi) is 2.56. The minimum atomic E-state index is -0.440. The molecule has 18 heavy (non-hydrogen) atoms. The first-order valence-corrected chi connectivity index (χ1v) is 6.14. The van der Waals surface area contributed by atoms with E-state index in [0.29, 0.717) is 5.82 Å². The van der Waals surface area contributed by atoms with Crippen LogP contribution in [0.3, 0.4) is 0 Å². The lowest BCUT2D eigenvalue weighted by Crippen LogP contribution is -2.34. The Morgan fingerprint density at radius 1 is 1.11 bits per heavy atom. The summed E-state index contributed by atoms with van der Waals surface area (Å²) in [5, 5.41) is 9.32. The van der Waals surface area contributed by atoms with Gasteiger partial charge in [-0.25, -0.2) is 9.97 Å². The van der Waals surface area contributed by atoms with Gasteiger partial charge in [0.15, 0.2) is 0 Å². The van der Waals surface area contributed by atoms with Crippen LogP contribution in [0.5, 0.6) is 0 Å². The predicted octanol–water partition coefficient (Wildman–Crippen LogP) is 3.09. The molecular formula is C15H13N3. The zero-order valence-electron chi connectivity index (χ0n) is 10.0. The van der Waals surface area contributed by atoms with Crippen molar-refractivity contribution < 1.29 is 0 Å². The fourth-order valence-electron chi connectivity index (χ4n) is 2.27. The SMILES string of the molecule is N#CC1(c2nccc(-c3ccccc3)n2)CCC1. The molecule has 2 aromatic rings. The van der Waals surface area contributed by atoms with Gasteiger partial charge in [-0.15, -0.1) is 0 Å². The van der Waals surface area contributed by atoms with Crippen LogP contribution < -0.4 is 0 Å². The lowest BCUT2D eigenvalue weighted by molar-refractivity contribution is 0.307. The van der Waals surface area contributed by atoms with Gasteiger partial charge in [0, 0.05) is 11.8 Å². The van der Waals surface area contributed by atoms with Crippen molar-refractivity contribution in [3.05, 3.63) is 48.4 Å². The molecule has 1 saturated carbocycles. The summed E-state index contributed by atoms with van der Waals surface area (Å²) in [5.41, 5.74) is 1.51. The van der Waals surface area contributed by atoms with Gasteiger partial charge in [-0.2, -0.15) is 5.26 Å². The predicted molar refractivity (Wildman–Crippen MR) is 68.6 cm³/mol. The van der Waals surface area contributed by atoms with Crippen LogP contribution >= 0.6 is 0 Å². The van der Waals surface area contributed by atoms with Crippen molar-refractivity contribution in [2.24, 2.45) is 0 Å². The van der Waals surface area contributed by atoms with Crippen molar-refractivity contribution in [1.29, 1.82) is 5.26 Å². The number of nitriles is 1. The Balaban J connectivity index is 2.03. The maximum Gasteiger partial charge on any atom is 0.149 e. The second-order valence-electron chi connectivity index (χ2n) is 4.68. The smallest absolute Gasteiger partial charge is 0.149 e. The second kappa shape index (κ2) is 4.23. The van der Waals surface area contributed by atoms with Crippen LogP contribution in [-0.2, 0) is 5.41 Å². The number of nitrogens with zero attached hydrogens (tertiary/aromatic N) is 3. The molecule has 0 bridgehead atoms. The van der Waals surface area contributed by atoms with Gasteiger partial charge < -0.3 is 0 Å². The minimum absolute atomic E-state index is 0.440. The third-order valence-corrected chi connectivity index (χ3v) is 3.57. The van der Waals surface area contributed by atoms with E-state index in [-0.39, 0.29) is 0 Å². The van der Waals surface area contributed by atoms with E-state index in [9.17, 15) is 5.26 Å². The van der Waals surface area contributed by atoms with Gasteiger partial charge in [0.25, 0.3) is 0 Å². The number of hydrogen-bond donors (Lipinski definition) is 0. The summed E-state index contributed by atoms with van der Waals surface area (Å²) >= 11 is 0. The van der Waals surface area contributed by atoms with Gasteiger partial charge in [0.05, 0.1) is 11.8 Å². The Hall–Kier alpha value is -2.21. The summed E-state index contributed by atoms with van der Waals surface area (Å²) < 4.78 is 0. The molecule has 3 nitrogen and oxygen atoms in total. The van der Waals surface area contributed by atoms with Crippen molar-refractivity contribution in [2.75, 3.05) is 0 Å². The number of benzene rings is 1. The highest BCUT2D eigenvalue weighted by Crippen LogP contribution is 2.41. The fourth-order valence-corrected chi connectivity index (χ4v) is 2.27. The molecule has 1 heterocycles. The van der Waals surface area contributed by atoms with Crippen molar-refractivity contribution in [1.82, 2.24) is 9.97 Å². The molecule has 0 radical (unpaired) electrons. The van der Waals surface area contributed by atoms with Gasteiger partial charge in [-0.05, 0) is 25.3 Å². The molecule has 0 atom stereocenters. The molecule has 3 heteroatoms. The molecule has 1 fully saturated rings. The van der Waals surface area contributed by atoms with E-state index in [1.165, 1.54) is 0 Å². The summed E-state index contributed by atoms with van der Waals surface area (Å²) in [6, 6.07) is 14.3. The van der Waals surface area contributed by atoms with Crippen LogP contribution in [-0.4, -0.2) is 9.97 Å². The van der Waals surface area contributed by atoms with Crippen molar-refractivity contribution in [3.63, 3.8) is 0 Å². The highest BCUT2D eigenvalue weighted by Gasteiger charge is 2.41. The molecule has 1 aromatic heterocycles. The van der Waals surface area contributed by atoms with E-state index in [4.69, 9.17) is 0 Å². The lowest BCUT2D eigenvalue weighted by atomic mass is 9.69. The van der Waals surface area contributed by atoms with Gasteiger partial charge in [-0.3, -0.25) is 0 Å². The fraction of sp³-hybridized carbons (Fsp3) is 0.267. The Bertz CT molecular complexity index is 595. The zero-order chi connectivity index (χ0) is 12.4. The van der Waals surface area contributed by atoms with Crippen LogP contribution in [0.4, 0.5) is 0 Å². The summed E-state index contributed by atoms with van der Waals surface area (Å²) in [7, 11) is 0. The first-order chi connectivity index (χ1) is 8.84. The van der Waals surface area contributed by atoms with Crippen LogP contribution in [0.2, 0.25) is 0 Å². The van der Waals surface area contributed by atoms with Gasteiger partial charge in [0.1, 0.15) is 11.2 Å². The normalized spacial score (nSPS) is 16.6. The Morgan fingerprint density at radius 2 is 1.89 bits per heavy atom. The second-order valence-corrected chi connectivity index (χ2v) is 4.68. The summed E-state index contributed by atoms with van der Waals surface area (Å²) in [6.07, 6.45) is 4.60. The Morgan fingerprint density at radius 3 is 2.50 bits per heavy atom. The van der Waals surface area contributed by atoms with E-state index < -0.39 is 5.41 Å². The highest BCUT2D eigenvalue weighted by atomic mass is 14.9. The van der Waals surface area contributed by atoms with E-state index in [1.807, 2.05) is 36.4 Å². The molecule has 0 unspecified atom stereocenters. The lowest BCUT2D eigenvalue weighted by Gasteiger charge is -2.33. The quantitative estimate of drug-likeness (QED) is 0.803. The maximum absolute atomic E-state index is 9.32. The summed E-state index contributed by atoms with van der Waals surface area (Å²) in [5.74, 6) is 0.678.